The van der Waals surface area contributed by atoms with Crippen LogP contribution in [0.1, 0.15) is 47.5 Å². The molecule has 4 nitrogen and oxygen atoms in total. The van der Waals surface area contributed by atoms with Crippen LogP contribution in [0.3, 0.4) is 0 Å². The fourth-order valence-corrected chi connectivity index (χ4v) is 1.51. The maximum atomic E-state index is 11.7. The molecule has 0 heterocycles. The quantitative estimate of drug-likeness (QED) is 0.665. The molecule has 1 N–H and O–H groups in total. The van der Waals surface area contributed by atoms with E-state index < -0.39 is 5.54 Å². The van der Waals surface area contributed by atoms with E-state index in [-0.39, 0.29) is 11.6 Å². The first-order chi connectivity index (χ1) is 7.81. The van der Waals surface area contributed by atoms with E-state index in [9.17, 15) is 4.79 Å². The number of ether oxygens (including phenoxy) is 2. The van der Waals surface area contributed by atoms with Crippen LogP contribution in [0, 0.1) is 0 Å². The van der Waals surface area contributed by atoms with Gasteiger partial charge in [0.25, 0.3) is 0 Å². The van der Waals surface area contributed by atoms with Crippen LogP contribution in [0.5, 0.6) is 0 Å². The molecule has 1 unspecified atom stereocenters. The SMILES string of the molecule is CCNC(C)(CCOC(C)(C)CC)C(=O)OC. The lowest BCUT2D eigenvalue weighted by molar-refractivity contribution is -0.149. The number of carbonyl (C=O) groups excluding carboxylic acids is 1. The summed E-state index contributed by atoms with van der Waals surface area (Å²) in [6.45, 7) is 11.3. The average molecular weight is 245 g/mol. The van der Waals surface area contributed by atoms with Crippen LogP contribution in [0.2, 0.25) is 0 Å². The number of carbonyl (C=O) groups is 1. The topological polar surface area (TPSA) is 47.6 Å². The number of hydrogen-bond acceptors (Lipinski definition) is 4. The molecule has 0 aliphatic carbocycles. The largest absolute Gasteiger partial charge is 0.468 e. The summed E-state index contributed by atoms with van der Waals surface area (Å²) >= 11 is 0. The van der Waals surface area contributed by atoms with Gasteiger partial charge in [-0.15, -0.1) is 0 Å². The molecule has 0 saturated heterocycles. The van der Waals surface area contributed by atoms with Gasteiger partial charge in [-0.2, -0.15) is 0 Å². The highest BCUT2D eigenvalue weighted by Crippen LogP contribution is 2.17. The van der Waals surface area contributed by atoms with Gasteiger partial charge in [-0.05, 0) is 40.2 Å². The third-order valence-electron chi connectivity index (χ3n) is 3.15. The van der Waals surface area contributed by atoms with Crippen LogP contribution >= 0.6 is 0 Å². The lowest BCUT2D eigenvalue weighted by Gasteiger charge is -2.30. The first-order valence-electron chi connectivity index (χ1n) is 6.28. The van der Waals surface area contributed by atoms with Gasteiger partial charge < -0.3 is 14.8 Å². The number of esters is 1. The van der Waals surface area contributed by atoms with Crippen LogP contribution in [-0.2, 0) is 14.3 Å². The molecular weight excluding hydrogens is 218 g/mol. The molecule has 0 radical (unpaired) electrons. The van der Waals surface area contributed by atoms with E-state index >= 15 is 0 Å². The van der Waals surface area contributed by atoms with Crippen molar-refractivity contribution in [3.05, 3.63) is 0 Å². The Morgan fingerprint density at radius 3 is 2.24 bits per heavy atom. The molecule has 102 valence electrons. The van der Waals surface area contributed by atoms with Crippen LogP contribution in [0.4, 0.5) is 0 Å². The van der Waals surface area contributed by atoms with Gasteiger partial charge in [-0.1, -0.05) is 13.8 Å². The van der Waals surface area contributed by atoms with Crippen molar-refractivity contribution in [1.29, 1.82) is 0 Å². The highest BCUT2D eigenvalue weighted by molar-refractivity contribution is 5.80. The summed E-state index contributed by atoms with van der Waals surface area (Å²) in [5, 5.41) is 3.16. The van der Waals surface area contributed by atoms with Crippen molar-refractivity contribution in [2.45, 2.75) is 58.6 Å². The van der Waals surface area contributed by atoms with Gasteiger partial charge >= 0.3 is 5.97 Å². The molecule has 0 aliphatic heterocycles. The van der Waals surface area contributed by atoms with Gasteiger partial charge in [-0.25, -0.2) is 0 Å². The highest BCUT2D eigenvalue weighted by atomic mass is 16.5. The number of hydrogen-bond donors (Lipinski definition) is 1. The molecule has 0 saturated carbocycles. The first-order valence-corrected chi connectivity index (χ1v) is 6.28. The Balaban J connectivity index is 4.32. The Kier molecular flexibility index (Phi) is 6.72. The van der Waals surface area contributed by atoms with Crippen molar-refractivity contribution in [3.63, 3.8) is 0 Å². The summed E-state index contributed by atoms with van der Waals surface area (Å²) in [5.74, 6) is -0.239. The van der Waals surface area contributed by atoms with Crippen molar-refractivity contribution < 1.29 is 14.3 Å². The summed E-state index contributed by atoms with van der Waals surface area (Å²) in [7, 11) is 1.41. The average Bonchev–Trinajstić information content (AvgIpc) is 2.28. The molecule has 0 aromatic carbocycles. The fraction of sp³-hybridized carbons (Fsp3) is 0.923. The molecule has 0 spiro atoms. The van der Waals surface area contributed by atoms with Gasteiger partial charge in [0.05, 0.1) is 12.7 Å². The highest BCUT2D eigenvalue weighted by Gasteiger charge is 2.33. The second-order valence-corrected chi connectivity index (χ2v) is 5.07. The predicted octanol–water partition coefficient (Wildman–Crippen LogP) is 2.12. The minimum atomic E-state index is -0.659. The third-order valence-corrected chi connectivity index (χ3v) is 3.15. The summed E-state index contributed by atoms with van der Waals surface area (Å²) in [5.41, 5.74) is -0.795. The van der Waals surface area contributed by atoms with Crippen LogP contribution in [0.25, 0.3) is 0 Å². The van der Waals surface area contributed by atoms with Crippen LogP contribution in [-0.4, -0.2) is 37.4 Å². The summed E-state index contributed by atoms with van der Waals surface area (Å²) in [6, 6.07) is 0. The van der Waals surface area contributed by atoms with E-state index in [0.29, 0.717) is 13.0 Å². The molecule has 4 heteroatoms. The van der Waals surface area contributed by atoms with E-state index in [1.807, 2.05) is 13.8 Å². The van der Waals surface area contributed by atoms with Gasteiger partial charge in [-0.3, -0.25) is 4.79 Å². The molecule has 0 fully saturated rings. The van der Waals surface area contributed by atoms with Crippen molar-refractivity contribution in [3.8, 4) is 0 Å². The minimum absolute atomic E-state index is 0.136. The normalized spacial score (nSPS) is 15.4. The molecule has 0 aromatic heterocycles. The Morgan fingerprint density at radius 2 is 1.82 bits per heavy atom. The minimum Gasteiger partial charge on any atom is -0.468 e. The van der Waals surface area contributed by atoms with Crippen molar-refractivity contribution in [2.75, 3.05) is 20.3 Å². The maximum absolute atomic E-state index is 11.7. The Hall–Kier alpha value is -0.610. The molecule has 0 amide bonds. The van der Waals surface area contributed by atoms with Gasteiger partial charge in [0.15, 0.2) is 0 Å². The zero-order valence-electron chi connectivity index (χ0n) is 12.1. The van der Waals surface area contributed by atoms with E-state index in [1.165, 1.54) is 7.11 Å². The summed E-state index contributed by atoms with van der Waals surface area (Å²) < 4.78 is 10.6. The smallest absolute Gasteiger partial charge is 0.325 e. The van der Waals surface area contributed by atoms with Crippen molar-refractivity contribution >= 4 is 5.97 Å². The second-order valence-electron chi connectivity index (χ2n) is 5.07. The van der Waals surface area contributed by atoms with Gasteiger partial charge in [0.2, 0.25) is 0 Å². The summed E-state index contributed by atoms with van der Waals surface area (Å²) in [4.78, 5) is 11.7. The maximum Gasteiger partial charge on any atom is 0.325 e. The first kappa shape index (κ1) is 16.4. The fourth-order valence-electron chi connectivity index (χ4n) is 1.51. The van der Waals surface area contributed by atoms with Crippen molar-refractivity contribution in [1.82, 2.24) is 5.32 Å². The van der Waals surface area contributed by atoms with Crippen molar-refractivity contribution in [2.24, 2.45) is 0 Å². The Labute approximate surface area is 105 Å². The predicted molar refractivity (Wildman–Crippen MR) is 69.0 cm³/mol. The molecule has 1 atom stereocenters. The van der Waals surface area contributed by atoms with Crippen LogP contribution in [0.15, 0.2) is 0 Å². The zero-order chi connectivity index (χ0) is 13.5. The Bertz CT molecular complexity index is 241. The molecule has 0 bridgehead atoms. The van der Waals surface area contributed by atoms with E-state index in [0.717, 1.165) is 13.0 Å². The second kappa shape index (κ2) is 6.97. The van der Waals surface area contributed by atoms with Gasteiger partial charge in [0.1, 0.15) is 5.54 Å². The molecule has 0 aliphatic rings. The Morgan fingerprint density at radius 1 is 1.24 bits per heavy atom. The molecule has 0 aromatic rings. The molecule has 17 heavy (non-hydrogen) atoms. The van der Waals surface area contributed by atoms with Crippen LogP contribution < -0.4 is 5.32 Å². The summed E-state index contributed by atoms with van der Waals surface area (Å²) in [6.07, 6.45) is 1.56. The number of nitrogens with one attached hydrogen (secondary N) is 1. The third kappa shape index (κ3) is 5.50. The molecular formula is C13H27NO3. The standard InChI is InChI=1S/C13H27NO3/c1-7-12(3,4)17-10-9-13(5,14-8-2)11(15)16-6/h14H,7-10H2,1-6H3. The number of likely N-dealkylation sites (N-methyl/N-ethyl adjacent to an activating group) is 1. The zero-order valence-corrected chi connectivity index (χ0v) is 12.1. The van der Waals surface area contributed by atoms with Gasteiger partial charge in [0, 0.05) is 6.61 Å². The van der Waals surface area contributed by atoms with E-state index in [1.54, 1.807) is 0 Å². The monoisotopic (exact) mass is 245 g/mol. The lowest BCUT2D eigenvalue weighted by atomic mass is 9.98. The van der Waals surface area contributed by atoms with E-state index in [2.05, 4.69) is 26.1 Å². The number of methoxy groups -OCH3 is 1. The lowest BCUT2D eigenvalue weighted by Crippen LogP contribution is -2.51. The van der Waals surface area contributed by atoms with E-state index in [4.69, 9.17) is 9.47 Å². The number of rotatable bonds is 8. The molecule has 0 rings (SSSR count).